The number of nitrogens with one attached hydrogen (secondary N) is 1. The highest BCUT2D eigenvalue weighted by atomic mass is 79.9. The Balaban J connectivity index is 2.11. The number of aromatic nitrogens is 1. The van der Waals surface area contributed by atoms with E-state index >= 15 is 0 Å². The van der Waals surface area contributed by atoms with Gasteiger partial charge < -0.3 is 10.1 Å². The SMILES string of the molecule is CNCc1ccc(Oc2ccccc2Br)nc1. The standard InChI is InChI=1S/C13H13BrN2O/c1-15-8-10-6-7-13(16-9-10)17-12-5-3-2-4-11(12)14/h2-7,9,15H,8H2,1H3. The molecule has 0 saturated heterocycles. The number of hydrogen-bond acceptors (Lipinski definition) is 3. The molecule has 0 aliphatic rings. The minimum atomic E-state index is 0.594. The quantitative estimate of drug-likeness (QED) is 0.938. The maximum absolute atomic E-state index is 5.66. The second kappa shape index (κ2) is 5.80. The van der Waals surface area contributed by atoms with E-state index in [1.807, 2.05) is 49.6 Å². The van der Waals surface area contributed by atoms with Crippen LogP contribution in [0, 0.1) is 0 Å². The molecule has 0 radical (unpaired) electrons. The summed E-state index contributed by atoms with van der Waals surface area (Å²) in [6, 6.07) is 11.6. The van der Waals surface area contributed by atoms with Crippen LogP contribution in [0.4, 0.5) is 0 Å². The van der Waals surface area contributed by atoms with Crippen LogP contribution in [0.1, 0.15) is 5.56 Å². The van der Waals surface area contributed by atoms with E-state index in [0.29, 0.717) is 5.88 Å². The fourth-order valence-corrected chi connectivity index (χ4v) is 1.79. The minimum absolute atomic E-state index is 0.594. The van der Waals surface area contributed by atoms with Gasteiger partial charge in [-0.3, -0.25) is 0 Å². The number of ether oxygens (including phenoxy) is 1. The predicted octanol–water partition coefficient (Wildman–Crippen LogP) is 3.36. The normalized spacial score (nSPS) is 10.2. The van der Waals surface area contributed by atoms with Gasteiger partial charge in [-0.1, -0.05) is 18.2 Å². The molecule has 2 aromatic rings. The zero-order valence-corrected chi connectivity index (χ0v) is 11.1. The third kappa shape index (κ3) is 3.28. The van der Waals surface area contributed by atoms with Gasteiger partial charge in [-0.2, -0.15) is 0 Å². The van der Waals surface area contributed by atoms with Crippen LogP contribution in [0.25, 0.3) is 0 Å². The van der Waals surface area contributed by atoms with E-state index in [-0.39, 0.29) is 0 Å². The third-order valence-corrected chi connectivity index (χ3v) is 2.88. The van der Waals surface area contributed by atoms with Gasteiger partial charge in [0.2, 0.25) is 5.88 Å². The summed E-state index contributed by atoms with van der Waals surface area (Å²) in [5.41, 5.74) is 1.13. The van der Waals surface area contributed by atoms with Gasteiger partial charge in [0.25, 0.3) is 0 Å². The van der Waals surface area contributed by atoms with Crippen molar-refractivity contribution in [1.29, 1.82) is 0 Å². The van der Waals surface area contributed by atoms with Gasteiger partial charge in [0.15, 0.2) is 0 Å². The second-order valence-corrected chi connectivity index (χ2v) is 4.42. The van der Waals surface area contributed by atoms with E-state index in [9.17, 15) is 0 Å². The van der Waals surface area contributed by atoms with Gasteiger partial charge in [0.1, 0.15) is 5.75 Å². The first-order valence-corrected chi connectivity index (χ1v) is 6.11. The maximum atomic E-state index is 5.66. The molecule has 1 heterocycles. The van der Waals surface area contributed by atoms with Crippen LogP contribution >= 0.6 is 15.9 Å². The zero-order valence-electron chi connectivity index (χ0n) is 9.48. The highest BCUT2D eigenvalue weighted by Gasteiger charge is 2.02. The number of hydrogen-bond donors (Lipinski definition) is 1. The number of halogens is 1. The van der Waals surface area contributed by atoms with Gasteiger partial charge in [-0.05, 0) is 40.7 Å². The van der Waals surface area contributed by atoms with Crippen molar-refractivity contribution in [3.05, 3.63) is 52.6 Å². The highest BCUT2D eigenvalue weighted by Crippen LogP contribution is 2.27. The van der Waals surface area contributed by atoms with Crippen molar-refractivity contribution in [3.8, 4) is 11.6 Å². The molecular formula is C13H13BrN2O. The van der Waals surface area contributed by atoms with Gasteiger partial charge >= 0.3 is 0 Å². The van der Waals surface area contributed by atoms with Crippen LogP contribution < -0.4 is 10.1 Å². The third-order valence-electron chi connectivity index (χ3n) is 2.23. The maximum Gasteiger partial charge on any atom is 0.219 e. The Bertz CT molecular complexity index is 485. The molecule has 1 aromatic heterocycles. The van der Waals surface area contributed by atoms with Crippen molar-refractivity contribution in [3.63, 3.8) is 0 Å². The lowest BCUT2D eigenvalue weighted by Gasteiger charge is -2.07. The molecule has 0 spiro atoms. The van der Waals surface area contributed by atoms with Gasteiger partial charge in [-0.25, -0.2) is 4.98 Å². The van der Waals surface area contributed by atoms with Crippen molar-refractivity contribution in [2.45, 2.75) is 6.54 Å². The molecule has 0 unspecified atom stereocenters. The van der Waals surface area contributed by atoms with Gasteiger partial charge in [0.05, 0.1) is 4.47 Å². The molecule has 0 bridgehead atoms. The monoisotopic (exact) mass is 292 g/mol. The zero-order chi connectivity index (χ0) is 12.1. The molecule has 0 fully saturated rings. The molecule has 88 valence electrons. The Morgan fingerprint density at radius 2 is 2.06 bits per heavy atom. The number of rotatable bonds is 4. The molecule has 4 heteroatoms. The average molecular weight is 293 g/mol. The lowest BCUT2D eigenvalue weighted by Crippen LogP contribution is -2.05. The van der Waals surface area contributed by atoms with E-state index in [4.69, 9.17) is 4.74 Å². The Kier molecular flexibility index (Phi) is 4.12. The Labute approximate surface area is 109 Å². The molecule has 3 nitrogen and oxygen atoms in total. The molecule has 17 heavy (non-hydrogen) atoms. The van der Waals surface area contributed by atoms with Crippen LogP contribution in [-0.2, 0) is 6.54 Å². The molecule has 0 atom stereocenters. The lowest BCUT2D eigenvalue weighted by atomic mass is 10.3. The van der Waals surface area contributed by atoms with Crippen molar-refractivity contribution >= 4 is 15.9 Å². The summed E-state index contributed by atoms with van der Waals surface area (Å²) >= 11 is 3.43. The highest BCUT2D eigenvalue weighted by molar-refractivity contribution is 9.10. The van der Waals surface area contributed by atoms with E-state index < -0.39 is 0 Å². The minimum Gasteiger partial charge on any atom is -0.438 e. The van der Waals surface area contributed by atoms with E-state index in [0.717, 1.165) is 22.3 Å². The molecule has 1 aromatic carbocycles. The van der Waals surface area contributed by atoms with Crippen LogP contribution in [0.5, 0.6) is 11.6 Å². The summed E-state index contributed by atoms with van der Waals surface area (Å²) in [7, 11) is 1.91. The van der Waals surface area contributed by atoms with E-state index in [2.05, 4.69) is 26.2 Å². The fraction of sp³-hybridized carbons (Fsp3) is 0.154. The van der Waals surface area contributed by atoms with Crippen molar-refractivity contribution in [2.24, 2.45) is 0 Å². The second-order valence-electron chi connectivity index (χ2n) is 3.57. The van der Waals surface area contributed by atoms with Crippen LogP contribution in [0.15, 0.2) is 47.1 Å². The Hall–Kier alpha value is -1.39. The summed E-state index contributed by atoms with van der Waals surface area (Å²) in [6.45, 7) is 0.808. The molecule has 0 aliphatic carbocycles. The van der Waals surface area contributed by atoms with E-state index in [1.165, 1.54) is 0 Å². The first kappa shape index (κ1) is 12.1. The smallest absolute Gasteiger partial charge is 0.219 e. The van der Waals surface area contributed by atoms with Crippen LogP contribution in [0.3, 0.4) is 0 Å². The summed E-state index contributed by atoms with van der Waals surface area (Å²) < 4.78 is 6.58. The first-order valence-electron chi connectivity index (χ1n) is 5.31. The fourth-order valence-electron chi connectivity index (χ4n) is 1.42. The summed E-state index contributed by atoms with van der Waals surface area (Å²) in [4.78, 5) is 4.25. The molecule has 0 saturated carbocycles. The summed E-state index contributed by atoms with van der Waals surface area (Å²) in [5, 5.41) is 3.07. The Morgan fingerprint density at radius 1 is 1.24 bits per heavy atom. The van der Waals surface area contributed by atoms with Crippen molar-refractivity contribution in [2.75, 3.05) is 7.05 Å². The van der Waals surface area contributed by atoms with Crippen molar-refractivity contribution < 1.29 is 4.74 Å². The lowest BCUT2D eigenvalue weighted by molar-refractivity contribution is 0.459. The molecule has 0 amide bonds. The average Bonchev–Trinajstić information content (AvgIpc) is 2.35. The van der Waals surface area contributed by atoms with Crippen LogP contribution in [-0.4, -0.2) is 12.0 Å². The first-order chi connectivity index (χ1) is 8.29. The van der Waals surface area contributed by atoms with E-state index in [1.54, 1.807) is 0 Å². The topological polar surface area (TPSA) is 34.1 Å². The number of pyridine rings is 1. The summed E-state index contributed by atoms with van der Waals surface area (Å²) in [5.74, 6) is 1.36. The van der Waals surface area contributed by atoms with Gasteiger partial charge in [-0.15, -0.1) is 0 Å². The molecule has 0 aliphatic heterocycles. The Morgan fingerprint density at radius 3 is 2.71 bits per heavy atom. The molecule has 2 rings (SSSR count). The molecular weight excluding hydrogens is 280 g/mol. The number of nitrogens with zero attached hydrogens (tertiary/aromatic N) is 1. The molecule has 1 N–H and O–H groups in total. The summed E-state index contributed by atoms with van der Waals surface area (Å²) in [6.07, 6.45) is 1.81. The van der Waals surface area contributed by atoms with Gasteiger partial charge in [0, 0.05) is 18.8 Å². The predicted molar refractivity (Wildman–Crippen MR) is 71.2 cm³/mol. The largest absolute Gasteiger partial charge is 0.438 e. The van der Waals surface area contributed by atoms with Crippen molar-refractivity contribution in [1.82, 2.24) is 10.3 Å². The number of benzene rings is 1. The van der Waals surface area contributed by atoms with Crippen LogP contribution in [0.2, 0.25) is 0 Å². The number of para-hydroxylation sites is 1.